The fourth-order valence-corrected chi connectivity index (χ4v) is 2.24. The van der Waals surface area contributed by atoms with Gasteiger partial charge in [-0.15, -0.1) is 0 Å². The standard InChI is InChI=1S/C18H22N2O4/c1-17(2,3)24-16(23)18(19,15(21)22)11-10-13-9-8-12-6-4-5-7-14(12)20-13/h4-9H,10-11,19H2,1-3H3,(H,21,22). The molecule has 24 heavy (non-hydrogen) atoms. The lowest BCUT2D eigenvalue weighted by molar-refractivity contribution is -0.169. The summed E-state index contributed by atoms with van der Waals surface area (Å²) in [5.41, 5.74) is 4.43. The summed E-state index contributed by atoms with van der Waals surface area (Å²) in [6, 6.07) is 11.3. The van der Waals surface area contributed by atoms with Gasteiger partial charge < -0.3 is 15.6 Å². The van der Waals surface area contributed by atoms with Crippen LogP contribution in [0.3, 0.4) is 0 Å². The molecule has 6 heteroatoms. The van der Waals surface area contributed by atoms with Crippen molar-refractivity contribution in [1.29, 1.82) is 0 Å². The van der Waals surface area contributed by atoms with Gasteiger partial charge in [-0.2, -0.15) is 0 Å². The number of aromatic nitrogens is 1. The van der Waals surface area contributed by atoms with Crippen molar-refractivity contribution in [3.63, 3.8) is 0 Å². The van der Waals surface area contributed by atoms with Crippen LogP contribution >= 0.6 is 0 Å². The van der Waals surface area contributed by atoms with Gasteiger partial charge in [-0.25, -0.2) is 9.59 Å². The number of pyridine rings is 1. The Hall–Kier alpha value is -2.47. The van der Waals surface area contributed by atoms with Crippen LogP contribution in [0.5, 0.6) is 0 Å². The summed E-state index contributed by atoms with van der Waals surface area (Å²) < 4.78 is 5.16. The Morgan fingerprint density at radius 2 is 1.83 bits per heavy atom. The molecule has 3 N–H and O–H groups in total. The number of fused-ring (bicyclic) bond motifs is 1. The van der Waals surface area contributed by atoms with Gasteiger partial charge in [-0.1, -0.05) is 24.3 Å². The third-order valence-corrected chi connectivity index (χ3v) is 3.58. The molecule has 1 aromatic heterocycles. The molecule has 2 aromatic rings. The van der Waals surface area contributed by atoms with E-state index in [0.29, 0.717) is 5.69 Å². The topological polar surface area (TPSA) is 103 Å². The highest BCUT2D eigenvalue weighted by atomic mass is 16.6. The summed E-state index contributed by atoms with van der Waals surface area (Å²) in [4.78, 5) is 28.2. The SMILES string of the molecule is CC(C)(C)OC(=O)C(N)(CCc1ccc2ccccc2n1)C(=O)O. The Bertz CT molecular complexity index is 767. The number of ether oxygens (including phenoxy) is 1. The van der Waals surface area contributed by atoms with E-state index in [-0.39, 0.29) is 12.8 Å². The van der Waals surface area contributed by atoms with E-state index in [4.69, 9.17) is 10.5 Å². The summed E-state index contributed by atoms with van der Waals surface area (Å²) in [6.45, 7) is 4.99. The fraction of sp³-hybridized carbons (Fsp3) is 0.389. The average Bonchev–Trinajstić information content (AvgIpc) is 2.50. The van der Waals surface area contributed by atoms with Crippen LogP contribution in [0, 0.1) is 0 Å². The molecule has 6 nitrogen and oxygen atoms in total. The Kier molecular flexibility index (Phi) is 4.89. The van der Waals surface area contributed by atoms with Crippen LogP contribution in [0.15, 0.2) is 36.4 Å². The largest absolute Gasteiger partial charge is 0.479 e. The number of carbonyl (C=O) groups excluding carboxylic acids is 1. The molecule has 1 aromatic carbocycles. The zero-order valence-electron chi connectivity index (χ0n) is 14.1. The van der Waals surface area contributed by atoms with Crippen LogP contribution in [0.2, 0.25) is 0 Å². The Labute approximate surface area is 140 Å². The average molecular weight is 330 g/mol. The van der Waals surface area contributed by atoms with E-state index in [2.05, 4.69) is 4.98 Å². The molecule has 1 unspecified atom stereocenters. The molecule has 0 bridgehead atoms. The van der Waals surface area contributed by atoms with Crippen LogP contribution in [0.1, 0.15) is 32.9 Å². The molecule has 0 aliphatic rings. The summed E-state index contributed by atoms with van der Waals surface area (Å²) in [5, 5.41) is 10.4. The highest BCUT2D eigenvalue weighted by Crippen LogP contribution is 2.19. The van der Waals surface area contributed by atoms with E-state index in [1.807, 2.05) is 30.3 Å². The number of esters is 1. The number of para-hydroxylation sites is 1. The molecule has 0 amide bonds. The van der Waals surface area contributed by atoms with E-state index >= 15 is 0 Å². The molecule has 128 valence electrons. The lowest BCUT2D eigenvalue weighted by Crippen LogP contribution is -2.57. The Morgan fingerprint density at radius 1 is 1.17 bits per heavy atom. The molecule has 1 atom stereocenters. The molecule has 0 aliphatic carbocycles. The highest BCUT2D eigenvalue weighted by Gasteiger charge is 2.45. The van der Waals surface area contributed by atoms with Crippen molar-refractivity contribution in [2.45, 2.75) is 44.8 Å². The smallest absolute Gasteiger partial charge is 0.338 e. The minimum atomic E-state index is -2.10. The van der Waals surface area contributed by atoms with Crippen LogP contribution in [-0.4, -0.2) is 33.2 Å². The molecular weight excluding hydrogens is 308 g/mol. The number of carboxylic acids is 1. The van der Waals surface area contributed by atoms with E-state index < -0.39 is 23.1 Å². The van der Waals surface area contributed by atoms with Crippen molar-refractivity contribution < 1.29 is 19.4 Å². The first-order valence-corrected chi connectivity index (χ1v) is 7.72. The maximum absolute atomic E-state index is 12.2. The van der Waals surface area contributed by atoms with Crippen LogP contribution in [0.4, 0.5) is 0 Å². The first kappa shape index (κ1) is 17.9. The lowest BCUT2D eigenvalue weighted by atomic mass is 9.93. The van der Waals surface area contributed by atoms with Crippen molar-refractivity contribution in [2.75, 3.05) is 0 Å². The van der Waals surface area contributed by atoms with E-state index in [9.17, 15) is 14.7 Å². The van der Waals surface area contributed by atoms with Gasteiger partial charge in [-0.3, -0.25) is 4.98 Å². The molecule has 1 heterocycles. The molecule has 0 aliphatic heterocycles. The normalized spacial score (nSPS) is 14.2. The third-order valence-electron chi connectivity index (χ3n) is 3.58. The highest BCUT2D eigenvalue weighted by molar-refractivity contribution is 6.03. The number of hydrogen-bond donors (Lipinski definition) is 2. The molecule has 2 rings (SSSR count). The number of hydrogen-bond acceptors (Lipinski definition) is 5. The van der Waals surface area contributed by atoms with Crippen LogP contribution in [-0.2, 0) is 20.7 Å². The molecule has 0 saturated heterocycles. The van der Waals surface area contributed by atoms with Crippen molar-refractivity contribution in [3.05, 3.63) is 42.1 Å². The predicted molar refractivity (Wildman–Crippen MR) is 90.5 cm³/mol. The Balaban J connectivity index is 2.18. The summed E-state index contributed by atoms with van der Waals surface area (Å²) >= 11 is 0. The quantitative estimate of drug-likeness (QED) is 0.644. The molecule has 0 spiro atoms. The second-order valence-corrected chi connectivity index (χ2v) is 6.77. The second-order valence-electron chi connectivity index (χ2n) is 6.77. The van der Waals surface area contributed by atoms with Crippen LogP contribution in [0.25, 0.3) is 10.9 Å². The maximum Gasteiger partial charge on any atom is 0.338 e. The Morgan fingerprint density at radius 3 is 2.46 bits per heavy atom. The van der Waals surface area contributed by atoms with E-state index in [1.54, 1.807) is 26.8 Å². The van der Waals surface area contributed by atoms with Gasteiger partial charge >= 0.3 is 11.9 Å². The first-order valence-electron chi connectivity index (χ1n) is 7.72. The van der Waals surface area contributed by atoms with Gasteiger partial charge in [0.1, 0.15) is 5.60 Å². The number of nitrogens with two attached hydrogens (primary N) is 1. The van der Waals surface area contributed by atoms with Gasteiger partial charge in [-0.05, 0) is 45.7 Å². The predicted octanol–water partition coefficient (Wildman–Crippen LogP) is 2.29. The number of benzene rings is 1. The molecular formula is C18H22N2O4. The molecule has 0 radical (unpaired) electrons. The van der Waals surface area contributed by atoms with Crippen molar-refractivity contribution in [2.24, 2.45) is 5.73 Å². The fourth-order valence-electron chi connectivity index (χ4n) is 2.24. The maximum atomic E-state index is 12.2. The van der Waals surface area contributed by atoms with Gasteiger partial charge in [0.25, 0.3) is 0 Å². The number of aryl methyl sites for hydroxylation is 1. The van der Waals surface area contributed by atoms with Crippen LogP contribution < -0.4 is 5.73 Å². The van der Waals surface area contributed by atoms with Gasteiger partial charge in [0, 0.05) is 11.1 Å². The molecule has 0 fully saturated rings. The summed E-state index contributed by atoms with van der Waals surface area (Å²) in [6.07, 6.45) is 0.162. The number of carboxylic acid groups (broad SMARTS) is 1. The van der Waals surface area contributed by atoms with Gasteiger partial charge in [0.15, 0.2) is 0 Å². The minimum Gasteiger partial charge on any atom is -0.479 e. The zero-order chi connectivity index (χ0) is 18.0. The number of aliphatic carboxylic acids is 1. The summed E-state index contributed by atoms with van der Waals surface area (Å²) in [5.74, 6) is -2.35. The number of nitrogens with zero attached hydrogens (tertiary/aromatic N) is 1. The van der Waals surface area contributed by atoms with Crippen molar-refractivity contribution >= 4 is 22.8 Å². The van der Waals surface area contributed by atoms with E-state index in [1.165, 1.54) is 0 Å². The summed E-state index contributed by atoms with van der Waals surface area (Å²) in [7, 11) is 0. The minimum absolute atomic E-state index is 0.0947. The molecule has 0 saturated carbocycles. The van der Waals surface area contributed by atoms with Crippen molar-refractivity contribution in [3.8, 4) is 0 Å². The van der Waals surface area contributed by atoms with Gasteiger partial charge in [0.2, 0.25) is 5.54 Å². The number of rotatable bonds is 5. The van der Waals surface area contributed by atoms with Crippen molar-refractivity contribution in [1.82, 2.24) is 4.98 Å². The monoisotopic (exact) mass is 330 g/mol. The number of carbonyl (C=O) groups is 2. The second kappa shape index (κ2) is 6.57. The lowest BCUT2D eigenvalue weighted by Gasteiger charge is -2.28. The zero-order valence-corrected chi connectivity index (χ0v) is 14.1. The third kappa shape index (κ3) is 4.08. The first-order chi connectivity index (χ1) is 11.1. The van der Waals surface area contributed by atoms with E-state index in [0.717, 1.165) is 10.9 Å². The van der Waals surface area contributed by atoms with Gasteiger partial charge in [0.05, 0.1) is 5.52 Å².